The van der Waals surface area contributed by atoms with Gasteiger partial charge in [0.25, 0.3) is 5.91 Å². The molecule has 0 bridgehead atoms. The van der Waals surface area contributed by atoms with Gasteiger partial charge in [-0.15, -0.1) is 0 Å². The molecule has 2 fully saturated rings. The first-order chi connectivity index (χ1) is 10.7. The molecule has 0 saturated carbocycles. The van der Waals surface area contributed by atoms with E-state index in [-0.39, 0.29) is 5.91 Å². The first-order valence-corrected chi connectivity index (χ1v) is 7.86. The summed E-state index contributed by atoms with van der Waals surface area (Å²) < 4.78 is 10.3. The Morgan fingerprint density at radius 3 is 2.57 bits per heavy atom. The maximum atomic E-state index is 12.8. The summed E-state index contributed by atoms with van der Waals surface area (Å²) in [6, 6.07) is 0. The van der Waals surface area contributed by atoms with Crippen molar-refractivity contribution in [2.24, 2.45) is 0 Å². The minimum atomic E-state index is -1.15. The molecule has 0 aromatic carbocycles. The first kappa shape index (κ1) is 17.7. The summed E-state index contributed by atoms with van der Waals surface area (Å²) in [4.78, 5) is 28.2. The molecule has 2 rings (SSSR count). The van der Waals surface area contributed by atoms with Crippen molar-refractivity contribution in [1.82, 2.24) is 9.80 Å². The third kappa shape index (κ3) is 3.07. The van der Waals surface area contributed by atoms with E-state index in [9.17, 15) is 14.7 Å². The fraction of sp³-hybridized carbons (Fsp3) is 0.750. The highest BCUT2D eigenvalue weighted by atomic mass is 16.6. The van der Waals surface area contributed by atoms with E-state index in [1.165, 1.54) is 16.9 Å². The van der Waals surface area contributed by atoms with Crippen molar-refractivity contribution >= 4 is 12.0 Å². The van der Waals surface area contributed by atoms with Crippen LogP contribution in [-0.2, 0) is 14.3 Å². The third-order valence-corrected chi connectivity index (χ3v) is 4.25. The summed E-state index contributed by atoms with van der Waals surface area (Å²) in [6.45, 7) is 7.99. The number of nitrogens with zero attached hydrogens (tertiary/aromatic N) is 2. The summed E-state index contributed by atoms with van der Waals surface area (Å²) in [5, 5.41) is 9.84. The van der Waals surface area contributed by atoms with E-state index in [1.54, 1.807) is 33.8 Å². The smallest absolute Gasteiger partial charge is 0.411 e. The average molecular weight is 326 g/mol. The minimum absolute atomic E-state index is 0.190. The summed E-state index contributed by atoms with van der Waals surface area (Å²) in [5.41, 5.74) is -1.04. The number of methoxy groups -OCH3 is 1. The molecule has 2 atom stereocenters. The number of carbonyl (C=O) groups is 2. The maximum absolute atomic E-state index is 12.8. The topological polar surface area (TPSA) is 79.3 Å². The van der Waals surface area contributed by atoms with Gasteiger partial charge in [-0.1, -0.05) is 6.08 Å². The molecule has 0 radical (unpaired) electrons. The molecule has 1 N–H and O–H groups in total. The van der Waals surface area contributed by atoms with E-state index in [1.807, 2.05) is 0 Å². The SMILES string of the molecule is CC=C(C(O)OC)N1CC2(CCCN2C(=O)OC(C)(C)C)C1=O. The second-order valence-corrected chi connectivity index (χ2v) is 6.96. The molecule has 2 unspecified atom stereocenters. The molecule has 23 heavy (non-hydrogen) atoms. The van der Waals surface area contributed by atoms with Gasteiger partial charge in [0.1, 0.15) is 11.1 Å². The molecular formula is C16H26N2O5. The van der Waals surface area contributed by atoms with E-state index in [2.05, 4.69) is 0 Å². The Morgan fingerprint density at radius 2 is 2.09 bits per heavy atom. The van der Waals surface area contributed by atoms with Crippen molar-refractivity contribution in [2.45, 2.75) is 58.0 Å². The van der Waals surface area contributed by atoms with Crippen molar-refractivity contribution in [3.63, 3.8) is 0 Å². The fourth-order valence-corrected chi connectivity index (χ4v) is 3.17. The lowest BCUT2D eigenvalue weighted by molar-refractivity contribution is -0.162. The zero-order valence-electron chi connectivity index (χ0n) is 14.5. The summed E-state index contributed by atoms with van der Waals surface area (Å²) in [5.74, 6) is -0.190. The zero-order chi connectivity index (χ0) is 17.4. The lowest BCUT2D eigenvalue weighted by atomic mass is 9.85. The third-order valence-electron chi connectivity index (χ3n) is 4.25. The molecule has 2 saturated heterocycles. The molecule has 1 spiro atoms. The van der Waals surface area contributed by atoms with Crippen LogP contribution in [0.15, 0.2) is 11.8 Å². The van der Waals surface area contributed by atoms with Gasteiger partial charge in [-0.05, 0) is 40.5 Å². The van der Waals surface area contributed by atoms with Gasteiger partial charge < -0.3 is 19.5 Å². The van der Waals surface area contributed by atoms with Crippen LogP contribution in [0.4, 0.5) is 4.79 Å². The van der Waals surface area contributed by atoms with Crippen molar-refractivity contribution in [1.29, 1.82) is 0 Å². The number of hydrogen-bond donors (Lipinski definition) is 1. The highest BCUT2D eigenvalue weighted by molar-refractivity contribution is 5.97. The van der Waals surface area contributed by atoms with Crippen molar-refractivity contribution < 1.29 is 24.2 Å². The molecule has 0 aromatic heterocycles. The summed E-state index contributed by atoms with van der Waals surface area (Å²) in [7, 11) is 1.37. The number of likely N-dealkylation sites (tertiary alicyclic amines) is 2. The van der Waals surface area contributed by atoms with Crippen LogP contribution >= 0.6 is 0 Å². The lowest BCUT2D eigenvalue weighted by Crippen LogP contribution is -2.73. The number of aliphatic hydroxyl groups excluding tert-OH is 1. The number of hydrogen-bond acceptors (Lipinski definition) is 5. The Morgan fingerprint density at radius 1 is 1.43 bits per heavy atom. The number of rotatable bonds is 3. The number of ether oxygens (including phenoxy) is 2. The number of carbonyl (C=O) groups excluding carboxylic acids is 2. The maximum Gasteiger partial charge on any atom is 0.411 e. The van der Waals surface area contributed by atoms with Crippen LogP contribution in [-0.4, -0.2) is 64.5 Å². The normalized spacial score (nSPS) is 26.5. The highest BCUT2D eigenvalue weighted by Gasteiger charge is 2.61. The molecule has 2 aliphatic rings. The number of β-lactam (4-membered cyclic amide) rings is 1. The van der Waals surface area contributed by atoms with Crippen LogP contribution in [0, 0.1) is 0 Å². The lowest BCUT2D eigenvalue weighted by Gasteiger charge is -2.51. The van der Waals surface area contributed by atoms with Crippen LogP contribution in [0.5, 0.6) is 0 Å². The van der Waals surface area contributed by atoms with Crippen LogP contribution < -0.4 is 0 Å². The number of aliphatic hydroxyl groups is 1. The molecule has 2 amide bonds. The first-order valence-electron chi connectivity index (χ1n) is 7.86. The van der Waals surface area contributed by atoms with Gasteiger partial charge in [0.15, 0.2) is 6.29 Å². The predicted molar refractivity (Wildman–Crippen MR) is 83.4 cm³/mol. The Kier molecular flexibility index (Phi) is 4.73. The molecule has 0 aliphatic carbocycles. The van der Waals surface area contributed by atoms with Crippen molar-refractivity contribution in [2.75, 3.05) is 20.2 Å². The average Bonchev–Trinajstić information content (AvgIpc) is 2.91. The van der Waals surface area contributed by atoms with Gasteiger partial charge in [0.2, 0.25) is 0 Å². The highest BCUT2D eigenvalue weighted by Crippen LogP contribution is 2.41. The van der Waals surface area contributed by atoms with Gasteiger partial charge in [0.05, 0.1) is 12.2 Å². The number of allylic oxidation sites excluding steroid dienone is 1. The Bertz CT molecular complexity index is 525. The molecule has 130 valence electrons. The van der Waals surface area contributed by atoms with Crippen molar-refractivity contribution in [3.8, 4) is 0 Å². The quantitative estimate of drug-likeness (QED) is 0.627. The zero-order valence-corrected chi connectivity index (χ0v) is 14.5. The van der Waals surface area contributed by atoms with Gasteiger partial charge in [0, 0.05) is 13.7 Å². The summed E-state index contributed by atoms with van der Waals surface area (Å²) in [6.07, 6.45) is 1.40. The van der Waals surface area contributed by atoms with Gasteiger partial charge >= 0.3 is 6.09 Å². The number of amides is 2. The van der Waals surface area contributed by atoms with E-state index in [4.69, 9.17) is 9.47 Å². The van der Waals surface area contributed by atoms with Crippen LogP contribution in [0.1, 0.15) is 40.5 Å². The molecule has 7 heteroatoms. The largest absolute Gasteiger partial charge is 0.444 e. The standard InChI is InChI=1S/C16H26N2O5/c1-6-11(12(19)22-5)17-10-16(13(17)20)8-7-9-18(16)14(21)23-15(2,3)4/h6,12,19H,7-10H2,1-5H3. The molecule has 2 aliphatic heterocycles. The molecule has 2 heterocycles. The fourth-order valence-electron chi connectivity index (χ4n) is 3.17. The Labute approximate surface area is 136 Å². The van der Waals surface area contributed by atoms with E-state index >= 15 is 0 Å². The monoisotopic (exact) mass is 326 g/mol. The summed E-state index contributed by atoms with van der Waals surface area (Å²) >= 11 is 0. The Balaban J connectivity index is 2.15. The van der Waals surface area contributed by atoms with Gasteiger partial charge in [-0.25, -0.2) is 4.79 Å². The van der Waals surface area contributed by atoms with Crippen molar-refractivity contribution in [3.05, 3.63) is 11.8 Å². The van der Waals surface area contributed by atoms with Gasteiger partial charge in [-0.2, -0.15) is 0 Å². The van der Waals surface area contributed by atoms with E-state index < -0.39 is 23.5 Å². The molecule has 7 nitrogen and oxygen atoms in total. The van der Waals surface area contributed by atoms with Crippen LogP contribution in [0.2, 0.25) is 0 Å². The predicted octanol–water partition coefficient (Wildman–Crippen LogP) is 1.47. The second-order valence-electron chi connectivity index (χ2n) is 6.96. The minimum Gasteiger partial charge on any atom is -0.444 e. The van der Waals surface area contributed by atoms with E-state index in [0.29, 0.717) is 25.2 Å². The van der Waals surface area contributed by atoms with Gasteiger partial charge in [-0.3, -0.25) is 9.69 Å². The van der Waals surface area contributed by atoms with Crippen LogP contribution in [0.25, 0.3) is 0 Å². The molecular weight excluding hydrogens is 300 g/mol. The Hall–Kier alpha value is -1.60. The van der Waals surface area contributed by atoms with Crippen LogP contribution in [0.3, 0.4) is 0 Å². The molecule has 0 aromatic rings. The second kappa shape index (κ2) is 6.13. The van der Waals surface area contributed by atoms with E-state index in [0.717, 1.165) is 6.42 Å².